The summed E-state index contributed by atoms with van der Waals surface area (Å²) >= 11 is 0. The van der Waals surface area contributed by atoms with Crippen LogP contribution in [0.5, 0.6) is 0 Å². The fraction of sp³-hybridized carbons (Fsp3) is 0.625. The lowest BCUT2D eigenvalue weighted by Gasteiger charge is -2.25. The highest BCUT2D eigenvalue weighted by atomic mass is 35.5. The van der Waals surface area contributed by atoms with Crippen molar-refractivity contribution in [3.05, 3.63) is 35.9 Å². The molecule has 0 amide bonds. The van der Waals surface area contributed by atoms with E-state index in [1.54, 1.807) is 0 Å². The van der Waals surface area contributed by atoms with Crippen molar-refractivity contribution < 1.29 is 5.11 Å². The van der Waals surface area contributed by atoms with Gasteiger partial charge in [-0.2, -0.15) is 0 Å². The molecule has 1 aliphatic rings. The molecule has 1 saturated heterocycles. The van der Waals surface area contributed by atoms with Crippen molar-refractivity contribution in [2.24, 2.45) is 5.92 Å². The Balaban J connectivity index is 0.00000200. The molecule has 2 N–H and O–H groups in total. The van der Waals surface area contributed by atoms with E-state index in [4.69, 9.17) is 0 Å². The van der Waals surface area contributed by atoms with Crippen LogP contribution in [0.4, 0.5) is 0 Å². The maximum absolute atomic E-state index is 10.3. The zero-order chi connectivity index (χ0) is 13.7. The zero-order valence-electron chi connectivity index (χ0n) is 12.9. The second-order valence-electron chi connectivity index (χ2n) is 5.98. The van der Waals surface area contributed by atoms with E-state index in [1.165, 1.54) is 5.56 Å². The van der Waals surface area contributed by atoms with Gasteiger partial charge in [0.2, 0.25) is 0 Å². The summed E-state index contributed by atoms with van der Waals surface area (Å²) in [4.78, 5) is 2.34. The second kappa shape index (κ2) is 10.4. The summed E-state index contributed by atoms with van der Waals surface area (Å²) in [6.07, 6.45) is 0.772. The second-order valence-corrected chi connectivity index (χ2v) is 5.98. The molecular formula is C16H28Cl2N2O. The number of hydrogen-bond donors (Lipinski definition) is 2. The van der Waals surface area contributed by atoms with Crippen LogP contribution in [0.25, 0.3) is 0 Å². The van der Waals surface area contributed by atoms with E-state index in [0.717, 1.165) is 32.6 Å². The van der Waals surface area contributed by atoms with Gasteiger partial charge < -0.3 is 10.4 Å². The van der Waals surface area contributed by atoms with Crippen LogP contribution in [0.15, 0.2) is 30.3 Å². The first-order chi connectivity index (χ1) is 9.15. The molecule has 1 aliphatic heterocycles. The molecule has 21 heavy (non-hydrogen) atoms. The third kappa shape index (κ3) is 6.98. The van der Waals surface area contributed by atoms with E-state index in [2.05, 4.69) is 48.3 Å². The van der Waals surface area contributed by atoms with Gasteiger partial charge in [-0.25, -0.2) is 0 Å². The van der Waals surface area contributed by atoms with E-state index in [0.29, 0.717) is 5.92 Å². The number of aliphatic hydroxyl groups is 1. The van der Waals surface area contributed by atoms with Crippen LogP contribution in [0.1, 0.15) is 25.8 Å². The average Bonchev–Trinajstić information content (AvgIpc) is 2.53. The van der Waals surface area contributed by atoms with Crippen LogP contribution in [0.2, 0.25) is 0 Å². The molecule has 0 radical (unpaired) electrons. The molecule has 1 fully saturated rings. The minimum atomic E-state index is -0.270. The van der Waals surface area contributed by atoms with Gasteiger partial charge in [0, 0.05) is 32.2 Å². The lowest BCUT2D eigenvalue weighted by molar-refractivity contribution is 0.0906. The van der Waals surface area contributed by atoms with Crippen LogP contribution in [0.3, 0.4) is 0 Å². The number of β-amino-alcohol motifs (C(OH)–C–C–N with tert-alkyl or cyclic N) is 1. The Kier molecular flexibility index (Phi) is 10.3. The number of halogens is 2. The lowest BCUT2D eigenvalue weighted by Crippen LogP contribution is -2.42. The fourth-order valence-corrected chi connectivity index (χ4v) is 2.76. The first-order valence-electron chi connectivity index (χ1n) is 7.33. The third-order valence-corrected chi connectivity index (χ3v) is 3.72. The zero-order valence-corrected chi connectivity index (χ0v) is 14.5. The molecule has 2 atom stereocenters. The fourth-order valence-electron chi connectivity index (χ4n) is 2.76. The van der Waals surface area contributed by atoms with Gasteiger partial charge in [0.05, 0.1) is 6.10 Å². The topological polar surface area (TPSA) is 35.5 Å². The smallest absolute Gasteiger partial charge is 0.0820 e. The Morgan fingerprint density at radius 1 is 1.24 bits per heavy atom. The Bertz CT molecular complexity index is 376. The molecular weight excluding hydrogens is 307 g/mol. The number of rotatable bonds is 4. The summed E-state index contributed by atoms with van der Waals surface area (Å²) in [5.74, 6) is 0.618. The summed E-state index contributed by atoms with van der Waals surface area (Å²) < 4.78 is 0. The molecule has 0 spiro atoms. The highest BCUT2D eigenvalue weighted by Crippen LogP contribution is 2.13. The number of nitrogens with one attached hydrogen (secondary N) is 1. The lowest BCUT2D eigenvalue weighted by atomic mass is 9.99. The molecule has 5 heteroatoms. The van der Waals surface area contributed by atoms with E-state index in [-0.39, 0.29) is 37.0 Å². The summed E-state index contributed by atoms with van der Waals surface area (Å²) in [6.45, 7) is 8.07. The molecule has 0 aromatic heterocycles. The van der Waals surface area contributed by atoms with Crippen molar-refractivity contribution in [2.75, 3.05) is 19.6 Å². The van der Waals surface area contributed by atoms with Crippen LogP contribution in [0, 0.1) is 5.92 Å². The Morgan fingerprint density at radius 2 is 1.90 bits per heavy atom. The first kappa shape index (κ1) is 20.7. The van der Waals surface area contributed by atoms with Gasteiger partial charge in [-0.1, -0.05) is 44.2 Å². The SMILES string of the molecule is CC(C)C[C@H]1NCCN(Cc2ccccc2)C[C@H]1O.Cl.Cl. The molecule has 0 saturated carbocycles. The molecule has 0 bridgehead atoms. The largest absolute Gasteiger partial charge is 0.390 e. The summed E-state index contributed by atoms with van der Waals surface area (Å²) in [6, 6.07) is 10.7. The van der Waals surface area contributed by atoms with Crippen molar-refractivity contribution in [1.29, 1.82) is 0 Å². The van der Waals surface area contributed by atoms with Crippen LogP contribution >= 0.6 is 24.8 Å². The Labute approximate surface area is 140 Å². The number of benzene rings is 1. The molecule has 0 unspecified atom stereocenters. The van der Waals surface area contributed by atoms with Crippen molar-refractivity contribution in [1.82, 2.24) is 10.2 Å². The maximum atomic E-state index is 10.3. The molecule has 1 aromatic carbocycles. The minimum Gasteiger partial charge on any atom is -0.390 e. The minimum absolute atomic E-state index is 0. The highest BCUT2D eigenvalue weighted by Gasteiger charge is 2.25. The number of hydrogen-bond acceptors (Lipinski definition) is 3. The first-order valence-corrected chi connectivity index (χ1v) is 7.33. The number of aliphatic hydroxyl groups excluding tert-OH is 1. The van der Waals surface area contributed by atoms with Gasteiger partial charge in [0.25, 0.3) is 0 Å². The van der Waals surface area contributed by atoms with Gasteiger partial charge in [-0.3, -0.25) is 4.90 Å². The highest BCUT2D eigenvalue weighted by molar-refractivity contribution is 5.85. The monoisotopic (exact) mass is 334 g/mol. The molecule has 2 rings (SSSR count). The Hall–Kier alpha value is -0.320. The normalized spacial score (nSPS) is 23.0. The van der Waals surface area contributed by atoms with Crippen LogP contribution in [-0.4, -0.2) is 41.8 Å². The van der Waals surface area contributed by atoms with Crippen molar-refractivity contribution in [3.63, 3.8) is 0 Å². The van der Waals surface area contributed by atoms with Crippen LogP contribution < -0.4 is 5.32 Å². The van der Waals surface area contributed by atoms with Gasteiger partial charge >= 0.3 is 0 Å². The van der Waals surface area contributed by atoms with E-state index < -0.39 is 0 Å². The molecule has 3 nitrogen and oxygen atoms in total. The van der Waals surface area contributed by atoms with E-state index >= 15 is 0 Å². The van der Waals surface area contributed by atoms with Gasteiger partial charge in [-0.05, 0) is 17.9 Å². The van der Waals surface area contributed by atoms with Crippen molar-refractivity contribution in [2.45, 2.75) is 39.0 Å². The summed E-state index contributed by atoms with van der Waals surface area (Å²) in [5.41, 5.74) is 1.32. The summed E-state index contributed by atoms with van der Waals surface area (Å²) in [7, 11) is 0. The summed E-state index contributed by atoms with van der Waals surface area (Å²) in [5, 5.41) is 13.8. The van der Waals surface area contributed by atoms with E-state index in [9.17, 15) is 5.11 Å². The molecule has 0 aliphatic carbocycles. The van der Waals surface area contributed by atoms with Gasteiger partial charge in [-0.15, -0.1) is 24.8 Å². The predicted octanol–water partition coefficient (Wildman–Crippen LogP) is 2.71. The molecule has 122 valence electrons. The average molecular weight is 335 g/mol. The van der Waals surface area contributed by atoms with Gasteiger partial charge in [0.15, 0.2) is 0 Å². The van der Waals surface area contributed by atoms with Crippen molar-refractivity contribution in [3.8, 4) is 0 Å². The van der Waals surface area contributed by atoms with Crippen LogP contribution in [-0.2, 0) is 6.54 Å². The number of nitrogens with zero attached hydrogens (tertiary/aromatic N) is 1. The Morgan fingerprint density at radius 3 is 2.52 bits per heavy atom. The molecule has 1 aromatic rings. The molecule has 1 heterocycles. The standard InChI is InChI=1S/C16H26N2O.2ClH/c1-13(2)10-15-16(19)12-18(9-8-17-15)11-14-6-4-3-5-7-14;;/h3-7,13,15-17,19H,8-12H2,1-2H3;2*1H/t15-,16-;;/m1../s1. The maximum Gasteiger partial charge on any atom is 0.0820 e. The predicted molar refractivity (Wildman–Crippen MR) is 93.5 cm³/mol. The third-order valence-electron chi connectivity index (χ3n) is 3.72. The van der Waals surface area contributed by atoms with Gasteiger partial charge in [0.1, 0.15) is 0 Å². The quantitative estimate of drug-likeness (QED) is 0.888. The van der Waals surface area contributed by atoms with E-state index in [1.807, 2.05) is 6.07 Å². The van der Waals surface area contributed by atoms with Crippen molar-refractivity contribution >= 4 is 24.8 Å².